The van der Waals surface area contributed by atoms with Crippen molar-refractivity contribution in [3.8, 4) is 0 Å². The van der Waals surface area contributed by atoms with Gasteiger partial charge >= 0.3 is 0 Å². The molecule has 1 aliphatic carbocycles. The van der Waals surface area contributed by atoms with Crippen LogP contribution in [0.2, 0.25) is 0 Å². The van der Waals surface area contributed by atoms with Crippen molar-refractivity contribution in [1.82, 2.24) is 9.80 Å². The summed E-state index contributed by atoms with van der Waals surface area (Å²) < 4.78 is 0. The van der Waals surface area contributed by atoms with E-state index in [1.165, 1.54) is 35.5 Å². The molecule has 120 valence electrons. The fourth-order valence-corrected chi connectivity index (χ4v) is 3.41. The Kier molecular flexibility index (Phi) is 5.51. The Bertz CT molecular complexity index is 539. The van der Waals surface area contributed by atoms with E-state index in [9.17, 15) is 9.59 Å². The Balaban J connectivity index is 2.16. The van der Waals surface area contributed by atoms with Crippen LogP contribution in [-0.4, -0.2) is 40.3 Å². The van der Waals surface area contributed by atoms with Gasteiger partial charge in [0.15, 0.2) is 5.11 Å². The maximum atomic E-state index is 12.4. The molecule has 4 nitrogen and oxygen atoms in total. The highest BCUT2D eigenvalue weighted by molar-refractivity contribution is 7.80. The number of thiocarbonyl (C=S) groups is 1. The molecule has 2 aliphatic rings. The van der Waals surface area contributed by atoms with E-state index >= 15 is 0 Å². The van der Waals surface area contributed by atoms with Crippen molar-refractivity contribution in [2.24, 2.45) is 11.8 Å². The molecule has 2 unspecified atom stereocenters. The number of carbonyl (C=O) groups is 2. The van der Waals surface area contributed by atoms with Crippen molar-refractivity contribution < 1.29 is 9.59 Å². The summed E-state index contributed by atoms with van der Waals surface area (Å²) >= 11 is 5.15. The molecule has 1 saturated carbocycles. The summed E-state index contributed by atoms with van der Waals surface area (Å²) in [6.07, 6.45) is 10.7. The Labute approximate surface area is 137 Å². The first-order valence-electron chi connectivity index (χ1n) is 7.99. The van der Waals surface area contributed by atoms with E-state index in [0.29, 0.717) is 18.4 Å². The predicted octanol–water partition coefficient (Wildman–Crippen LogP) is 2.90. The smallest absolute Gasteiger partial charge is 0.265 e. The zero-order valence-corrected chi connectivity index (χ0v) is 14.4. The standard InChI is InChI=1S/C17H24N2O2S/c1-4-19-16(21)14(15(20)18(3)17(19)22)11-7-10-13-9-6-5-8-12(13)2/h7,10-13H,4-6,8-9H2,1-3H3/b10-7+,14-11+. The van der Waals surface area contributed by atoms with Crippen LogP contribution < -0.4 is 0 Å². The molecule has 2 rings (SSSR count). The molecule has 0 bridgehead atoms. The van der Waals surface area contributed by atoms with Crippen LogP contribution in [0.4, 0.5) is 0 Å². The number of carbonyl (C=O) groups excluding carboxylic acids is 2. The van der Waals surface area contributed by atoms with E-state index in [1.54, 1.807) is 13.1 Å². The highest BCUT2D eigenvalue weighted by Crippen LogP contribution is 2.30. The molecular formula is C17H24N2O2S. The molecule has 22 heavy (non-hydrogen) atoms. The third-order valence-corrected chi connectivity index (χ3v) is 5.14. The van der Waals surface area contributed by atoms with E-state index < -0.39 is 0 Å². The number of hydrogen-bond donors (Lipinski definition) is 0. The molecule has 2 fully saturated rings. The number of allylic oxidation sites excluding steroid dienone is 3. The van der Waals surface area contributed by atoms with E-state index in [2.05, 4.69) is 13.0 Å². The average Bonchev–Trinajstić information content (AvgIpc) is 2.51. The first kappa shape index (κ1) is 16.9. The molecule has 0 spiro atoms. The maximum absolute atomic E-state index is 12.4. The van der Waals surface area contributed by atoms with Gasteiger partial charge < -0.3 is 0 Å². The molecule has 1 aliphatic heterocycles. The van der Waals surface area contributed by atoms with Crippen LogP contribution in [0.25, 0.3) is 0 Å². The number of nitrogens with zero attached hydrogens (tertiary/aromatic N) is 2. The van der Waals surface area contributed by atoms with Crippen molar-refractivity contribution in [2.45, 2.75) is 39.5 Å². The van der Waals surface area contributed by atoms with Crippen LogP contribution in [0.3, 0.4) is 0 Å². The minimum atomic E-state index is -0.318. The summed E-state index contributed by atoms with van der Waals surface area (Å²) in [6.45, 7) is 4.59. The van der Waals surface area contributed by atoms with Gasteiger partial charge in [-0.15, -0.1) is 0 Å². The van der Waals surface area contributed by atoms with E-state index in [4.69, 9.17) is 12.2 Å². The summed E-state index contributed by atoms with van der Waals surface area (Å²) in [5.74, 6) is 0.599. The van der Waals surface area contributed by atoms with E-state index in [-0.39, 0.29) is 22.5 Å². The lowest BCUT2D eigenvalue weighted by Crippen LogP contribution is -2.54. The summed E-state index contributed by atoms with van der Waals surface area (Å²) in [7, 11) is 1.61. The SMILES string of the molecule is CCN1C(=O)/C(=C/C=C/C2CCCCC2C)C(=O)N(C)C1=S. The first-order valence-corrected chi connectivity index (χ1v) is 8.40. The van der Waals surface area contributed by atoms with Gasteiger partial charge in [0.05, 0.1) is 0 Å². The molecule has 0 radical (unpaired) electrons. The summed E-state index contributed by atoms with van der Waals surface area (Å²) in [4.78, 5) is 27.4. The number of hydrogen-bond acceptors (Lipinski definition) is 3. The lowest BCUT2D eigenvalue weighted by Gasteiger charge is -2.33. The molecule has 1 saturated heterocycles. The van der Waals surface area contributed by atoms with Gasteiger partial charge in [0.1, 0.15) is 5.57 Å². The largest absolute Gasteiger partial charge is 0.288 e. The van der Waals surface area contributed by atoms with Gasteiger partial charge in [-0.3, -0.25) is 19.4 Å². The predicted molar refractivity (Wildman–Crippen MR) is 91.1 cm³/mol. The molecule has 1 heterocycles. The van der Waals surface area contributed by atoms with Gasteiger partial charge in [0.25, 0.3) is 11.8 Å². The zero-order valence-electron chi connectivity index (χ0n) is 13.5. The number of likely N-dealkylation sites (N-methyl/N-ethyl adjacent to an activating group) is 2. The van der Waals surface area contributed by atoms with Gasteiger partial charge in [-0.2, -0.15) is 0 Å². The second-order valence-corrected chi connectivity index (χ2v) is 6.45. The minimum absolute atomic E-state index is 0.192. The topological polar surface area (TPSA) is 40.6 Å². The van der Waals surface area contributed by atoms with Gasteiger partial charge in [0, 0.05) is 13.6 Å². The lowest BCUT2D eigenvalue weighted by atomic mass is 9.80. The maximum Gasteiger partial charge on any atom is 0.265 e. The molecule has 2 amide bonds. The first-order chi connectivity index (χ1) is 10.5. The van der Waals surface area contributed by atoms with Crippen molar-refractivity contribution in [1.29, 1.82) is 0 Å². The zero-order chi connectivity index (χ0) is 16.3. The average molecular weight is 320 g/mol. The molecule has 0 aromatic carbocycles. The Hall–Kier alpha value is -1.49. The fraction of sp³-hybridized carbons (Fsp3) is 0.588. The third kappa shape index (κ3) is 3.29. The van der Waals surface area contributed by atoms with Gasteiger partial charge in [-0.1, -0.05) is 38.3 Å². The summed E-state index contributed by atoms with van der Waals surface area (Å²) in [6, 6.07) is 0. The van der Waals surface area contributed by atoms with Gasteiger partial charge in [0.2, 0.25) is 0 Å². The van der Waals surface area contributed by atoms with E-state index in [0.717, 1.165) is 0 Å². The van der Waals surface area contributed by atoms with Crippen molar-refractivity contribution >= 4 is 29.1 Å². The third-order valence-electron chi connectivity index (χ3n) is 4.64. The van der Waals surface area contributed by atoms with Crippen LogP contribution in [0.5, 0.6) is 0 Å². The number of rotatable bonds is 3. The Morgan fingerprint density at radius 3 is 2.55 bits per heavy atom. The second-order valence-electron chi connectivity index (χ2n) is 6.09. The molecule has 0 N–H and O–H groups in total. The summed E-state index contributed by atoms with van der Waals surface area (Å²) in [5, 5.41) is 0.277. The van der Waals surface area contributed by atoms with Gasteiger partial charge in [-0.05, 0) is 43.5 Å². The highest BCUT2D eigenvalue weighted by Gasteiger charge is 2.36. The number of amides is 2. The van der Waals surface area contributed by atoms with E-state index in [1.807, 2.05) is 13.0 Å². The van der Waals surface area contributed by atoms with Crippen LogP contribution in [0.15, 0.2) is 23.8 Å². The fourth-order valence-electron chi connectivity index (χ4n) is 3.12. The normalized spacial score (nSPS) is 29.0. The molecule has 2 atom stereocenters. The van der Waals surface area contributed by atoms with Crippen LogP contribution in [-0.2, 0) is 9.59 Å². The highest BCUT2D eigenvalue weighted by atomic mass is 32.1. The quantitative estimate of drug-likeness (QED) is 0.456. The Morgan fingerprint density at radius 1 is 1.23 bits per heavy atom. The van der Waals surface area contributed by atoms with Crippen molar-refractivity contribution in [2.75, 3.05) is 13.6 Å². The van der Waals surface area contributed by atoms with Gasteiger partial charge in [-0.25, -0.2) is 0 Å². The Morgan fingerprint density at radius 2 is 1.91 bits per heavy atom. The van der Waals surface area contributed by atoms with Crippen LogP contribution in [0.1, 0.15) is 39.5 Å². The van der Waals surface area contributed by atoms with Crippen molar-refractivity contribution in [3.05, 3.63) is 23.8 Å². The lowest BCUT2D eigenvalue weighted by molar-refractivity contribution is -0.133. The molecule has 0 aromatic heterocycles. The molecular weight excluding hydrogens is 296 g/mol. The molecule has 5 heteroatoms. The monoisotopic (exact) mass is 320 g/mol. The van der Waals surface area contributed by atoms with Crippen LogP contribution >= 0.6 is 12.2 Å². The van der Waals surface area contributed by atoms with Crippen molar-refractivity contribution in [3.63, 3.8) is 0 Å². The summed E-state index contributed by atoms with van der Waals surface area (Å²) in [5.41, 5.74) is 0.192. The van der Waals surface area contributed by atoms with Crippen LogP contribution in [0, 0.1) is 11.8 Å². The second kappa shape index (κ2) is 7.18. The minimum Gasteiger partial charge on any atom is -0.288 e. The molecule has 0 aromatic rings.